The van der Waals surface area contributed by atoms with Crippen LogP contribution in [0.5, 0.6) is 11.5 Å². The summed E-state index contributed by atoms with van der Waals surface area (Å²) in [6.45, 7) is 0. The number of rotatable bonds is 7. The standard InChI is InChI=1S/C23H20FNO5/c1-28-19-13-8-16(14-20(19)29-2)23(27)30-21(15-6-4-3-5-7-15)22(26)25-18-11-9-17(24)10-12-18/h3-14,21H,1-2H3,(H,25,26)/t21-/m0/s1. The highest BCUT2D eigenvalue weighted by Gasteiger charge is 2.26. The Hall–Kier alpha value is -3.87. The second-order valence-electron chi connectivity index (χ2n) is 6.26. The van der Waals surface area contributed by atoms with Crippen molar-refractivity contribution >= 4 is 17.6 Å². The zero-order valence-electron chi connectivity index (χ0n) is 16.4. The molecule has 0 radical (unpaired) electrons. The largest absolute Gasteiger partial charge is 0.493 e. The zero-order valence-corrected chi connectivity index (χ0v) is 16.4. The lowest BCUT2D eigenvalue weighted by atomic mass is 10.1. The fourth-order valence-corrected chi connectivity index (χ4v) is 2.78. The topological polar surface area (TPSA) is 73.9 Å². The van der Waals surface area contributed by atoms with Gasteiger partial charge in [-0.3, -0.25) is 4.79 Å². The first-order valence-electron chi connectivity index (χ1n) is 9.06. The van der Waals surface area contributed by atoms with Crippen LogP contribution in [0.4, 0.5) is 10.1 Å². The first-order valence-corrected chi connectivity index (χ1v) is 9.06. The number of nitrogens with one attached hydrogen (secondary N) is 1. The zero-order chi connectivity index (χ0) is 21.5. The average Bonchev–Trinajstić information content (AvgIpc) is 2.78. The third-order valence-corrected chi connectivity index (χ3v) is 4.30. The molecule has 0 aliphatic rings. The summed E-state index contributed by atoms with van der Waals surface area (Å²) in [5, 5.41) is 2.64. The van der Waals surface area contributed by atoms with Crippen LogP contribution in [0.3, 0.4) is 0 Å². The van der Waals surface area contributed by atoms with E-state index in [1.165, 1.54) is 50.6 Å². The molecule has 0 saturated carbocycles. The maximum absolute atomic E-state index is 13.1. The van der Waals surface area contributed by atoms with Crippen LogP contribution in [-0.2, 0) is 9.53 Å². The van der Waals surface area contributed by atoms with Crippen LogP contribution in [0, 0.1) is 5.82 Å². The van der Waals surface area contributed by atoms with Gasteiger partial charge in [-0.15, -0.1) is 0 Å². The molecule has 3 rings (SSSR count). The minimum atomic E-state index is -1.21. The molecule has 3 aromatic carbocycles. The number of hydrogen-bond donors (Lipinski definition) is 1. The van der Waals surface area contributed by atoms with Gasteiger partial charge in [0.2, 0.25) is 6.10 Å². The lowest BCUT2D eigenvalue weighted by molar-refractivity contribution is -0.125. The predicted molar refractivity (Wildman–Crippen MR) is 109 cm³/mol. The molecule has 0 aliphatic heterocycles. The van der Waals surface area contributed by atoms with Gasteiger partial charge in [0.25, 0.3) is 5.91 Å². The van der Waals surface area contributed by atoms with Gasteiger partial charge in [0.1, 0.15) is 5.82 Å². The summed E-state index contributed by atoms with van der Waals surface area (Å²) in [4.78, 5) is 25.6. The number of esters is 1. The van der Waals surface area contributed by atoms with Crippen LogP contribution in [0.1, 0.15) is 22.0 Å². The monoisotopic (exact) mass is 409 g/mol. The molecule has 1 atom stereocenters. The van der Waals surface area contributed by atoms with Gasteiger partial charge in [0, 0.05) is 11.3 Å². The van der Waals surface area contributed by atoms with E-state index in [1.807, 2.05) is 0 Å². The van der Waals surface area contributed by atoms with E-state index < -0.39 is 23.8 Å². The minimum absolute atomic E-state index is 0.197. The Morgan fingerprint density at radius 2 is 1.53 bits per heavy atom. The number of benzene rings is 3. The van der Waals surface area contributed by atoms with Gasteiger partial charge < -0.3 is 19.5 Å². The van der Waals surface area contributed by atoms with Gasteiger partial charge in [0.05, 0.1) is 19.8 Å². The van der Waals surface area contributed by atoms with Crippen molar-refractivity contribution in [3.8, 4) is 11.5 Å². The Bertz CT molecular complexity index is 1020. The number of anilines is 1. The first kappa shape index (κ1) is 20.9. The molecule has 154 valence electrons. The molecule has 1 N–H and O–H groups in total. The molecule has 0 heterocycles. The molecule has 30 heavy (non-hydrogen) atoms. The lowest BCUT2D eigenvalue weighted by Crippen LogP contribution is -2.26. The van der Waals surface area contributed by atoms with Crippen molar-refractivity contribution in [3.63, 3.8) is 0 Å². The first-order chi connectivity index (χ1) is 14.5. The van der Waals surface area contributed by atoms with Crippen LogP contribution in [0.2, 0.25) is 0 Å². The van der Waals surface area contributed by atoms with Crippen LogP contribution >= 0.6 is 0 Å². The highest BCUT2D eigenvalue weighted by atomic mass is 19.1. The summed E-state index contributed by atoms with van der Waals surface area (Å²) in [6, 6.07) is 18.5. The minimum Gasteiger partial charge on any atom is -0.493 e. The molecule has 0 spiro atoms. The number of ether oxygens (including phenoxy) is 3. The van der Waals surface area contributed by atoms with Gasteiger partial charge in [-0.2, -0.15) is 0 Å². The fourth-order valence-electron chi connectivity index (χ4n) is 2.78. The Kier molecular flexibility index (Phi) is 6.64. The van der Waals surface area contributed by atoms with E-state index >= 15 is 0 Å². The molecule has 0 aliphatic carbocycles. The van der Waals surface area contributed by atoms with E-state index in [-0.39, 0.29) is 5.56 Å². The number of methoxy groups -OCH3 is 2. The summed E-state index contributed by atoms with van der Waals surface area (Å²) < 4.78 is 29.0. The van der Waals surface area contributed by atoms with E-state index in [0.717, 1.165) is 0 Å². The molecule has 0 bridgehead atoms. The molecule has 1 amide bonds. The summed E-state index contributed by atoms with van der Waals surface area (Å²) >= 11 is 0. The molecular weight excluding hydrogens is 389 g/mol. The van der Waals surface area contributed by atoms with Crippen molar-refractivity contribution in [3.05, 3.63) is 89.7 Å². The van der Waals surface area contributed by atoms with E-state index in [2.05, 4.69) is 5.32 Å². The summed E-state index contributed by atoms with van der Waals surface area (Å²) in [5.74, 6) is -0.880. The third-order valence-electron chi connectivity index (χ3n) is 4.30. The number of halogens is 1. The Labute approximate surface area is 173 Å². The van der Waals surface area contributed by atoms with E-state index in [1.54, 1.807) is 36.4 Å². The van der Waals surface area contributed by atoms with Gasteiger partial charge in [-0.05, 0) is 42.5 Å². The highest BCUT2D eigenvalue weighted by molar-refractivity contribution is 5.98. The van der Waals surface area contributed by atoms with Crippen molar-refractivity contribution in [2.45, 2.75) is 6.10 Å². The molecule has 0 saturated heterocycles. The van der Waals surface area contributed by atoms with E-state index in [4.69, 9.17) is 14.2 Å². The van der Waals surface area contributed by atoms with Gasteiger partial charge in [-0.25, -0.2) is 9.18 Å². The van der Waals surface area contributed by atoms with Crippen molar-refractivity contribution in [1.82, 2.24) is 0 Å². The Balaban J connectivity index is 1.85. The predicted octanol–water partition coefficient (Wildman–Crippen LogP) is 4.38. The summed E-state index contributed by atoms with van der Waals surface area (Å²) in [6.07, 6.45) is -1.21. The number of carbonyl (C=O) groups excluding carboxylic acids is 2. The van der Waals surface area contributed by atoms with Crippen LogP contribution in [0.25, 0.3) is 0 Å². The number of amides is 1. The number of hydrogen-bond acceptors (Lipinski definition) is 5. The summed E-state index contributed by atoms with van der Waals surface area (Å²) in [7, 11) is 2.94. The normalized spacial score (nSPS) is 11.3. The molecule has 7 heteroatoms. The lowest BCUT2D eigenvalue weighted by Gasteiger charge is -2.18. The molecule has 3 aromatic rings. The van der Waals surface area contributed by atoms with Crippen LogP contribution < -0.4 is 14.8 Å². The van der Waals surface area contributed by atoms with E-state index in [9.17, 15) is 14.0 Å². The van der Waals surface area contributed by atoms with E-state index in [0.29, 0.717) is 22.7 Å². The van der Waals surface area contributed by atoms with Crippen molar-refractivity contribution in [2.24, 2.45) is 0 Å². The van der Waals surface area contributed by atoms with Crippen molar-refractivity contribution in [1.29, 1.82) is 0 Å². The van der Waals surface area contributed by atoms with Gasteiger partial charge >= 0.3 is 5.97 Å². The second kappa shape index (κ2) is 9.56. The van der Waals surface area contributed by atoms with Crippen molar-refractivity contribution < 1.29 is 28.2 Å². The molecule has 6 nitrogen and oxygen atoms in total. The van der Waals surface area contributed by atoms with Crippen LogP contribution in [0.15, 0.2) is 72.8 Å². The molecule has 0 unspecified atom stereocenters. The maximum Gasteiger partial charge on any atom is 0.339 e. The SMILES string of the molecule is COc1ccc(C(=O)O[C@H](C(=O)Nc2ccc(F)cc2)c2ccccc2)cc1OC. The van der Waals surface area contributed by atoms with Gasteiger partial charge in [-0.1, -0.05) is 30.3 Å². The highest BCUT2D eigenvalue weighted by Crippen LogP contribution is 2.29. The Morgan fingerprint density at radius 3 is 2.17 bits per heavy atom. The average molecular weight is 409 g/mol. The van der Waals surface area contributed by atoms with Gasteiger partial charge in [0.15, 0.2) is 11.5 Å². The third kappa shape index (κ3) is 4.94. The summed E-state index contributed by atoms with van der Waals surface area (Å²) in [5.41, 5.74) is 1.07. The van der Waals surface area contributed by atoms with Crippen molar-refractivity contribution in [2.75, 3.05) is 19.5 Å². The second-order valence-corrected chi connectivity index (χ2v) is 6.26. The fraction of sp³-hybridized carbons (Fsp3) is 0.130. The smallest absolute Gasteiger partial charge is 0.339 e. The number of carbonyl (C=O) groups is 2. The molecule has 0 fully saturated rings. The van der Waals surface area contributed by atoms with Crippen LogP contribution in [-0.4, -0.2) is 26.1 Å². The molecule has 0 aromatic heterocycles. The maximum atomic E-state index is 13.1. The Morgan fingerprint density at radius 1 is 0.867 bits per heavy atom. The molecular formula is C23H20FNO5. The quantitative estimate of drug-likeness (QED) is 0.586.